The first-order valence-electron chi connectivity index (χ1n) is 12.8. The number of urea groups is 1. The van der Waals surface area contributed by atoms with E-state index in [2.05, 4.69) is 36.3 Å². The third-order valence-electron chi connectivity index (χ3n) is 6.62. The zero-order chi connectivity index (χ0) is 30.0. The van der Waals surface area contributed by atoms with Crippen LogP contribution in [-0.2, 0) is 11.0 Å². The maximum atomic E-state index is 12.8. The van der Waals surface area contributed by atoms with Crippen molar-refractivity contribution in [1.82, 2.24) is 20.1 Å². The van der Waals surface area contributed by atoms with Gasteiger partial charge >= 0.3 is 12.2 Å². The number of halogens is 4. The smallest absolute Gasteiger partial charge is 0.336 e. The third kappa shape index (κ3) is 6.57. The number of aromatic nitrogens is 3. The van der Waals surface area contributed by atoms with E-state index in [4.69, 9.17) is 0 Å². The number of anilines is 1. The summed E-state index contributed by atoms with van der Waals surface area (Å²) in [5, 5.41) is 7.54. The lowest BCUT2D eigenvalue weighted by Gasteiger charge is -2.19. The molecule has 1 saturated heterocycles. The van der Waals surface area contributed by atoms with Gasteiger partial charge in [0.15, 0.2) is 11.0 Å². The lowest BCUT2D eigenvalue weighted by Crippen LogP contribution is -2.32. The highest BCUT2D eigenvalue weighted by Crippen LogP contribution is 2.32. The van der Waals surface area contributed by atoms with Gasteiger partial charge in [-0.25, -0.2) is 14.5 Å². The van der Waals surface area contributed by atoms with Gasteiger partial charge in [-0.15, -0.1) is 5.10 Å². The van der Waals surface area contributed by atoms with E-state index in [9.17, 15) is 22.8 Å². The molecule has 0 spiro atoms. The van der Waals surface area contributed by atoms with Crippen LogP contribution in [0, 0.1) is 6.92 Å². The van der Waals surface area contributed by atoms with E-state index >= 15 is 0 Å². The summed E-state index contributed by atoms with van der Waals surface area (Å²) in [6.45, 7) is 4.18. The molecule has 8 nitrogen and oxygen atoms in total. The molecule has 1 N–H and O–H groups in total. The van der Waals surface area contributed by atoms with Crippen molar-refractivity contribution in [3.8, 4) is 17.1 Å². The van der Waals surface area contributed by atoms with E-state index in [1.807, 2.05) is 56.3 Å². The lowest BCUT2D eigenvalue weighted by atomic mass is 10.00. The van der Waals surface area contributed by atoms with Crippen LogP contribution >= 0.6 is 27.7 Å². The number of rotatable bonds is 6. The van der Waals surface area contributed by atoms with Crippen molar-refractivity contribution in [1.29, 1.82) is 0 Å². The SMILES string of the molecule is Cc1ccc(Br)cc1N1C(=O)CSC1=NC(=O)NCC(C)c1ccc(-c2ncn(-c3ccc(C(F)(F)F)cc3)n2)cc1. The predicted molar refractivity (Wildman–Crippen MR) is 160 cm³/mol. The van der Waals surface area contributed by atoms with Crippen LogP contribution in [0.2, 0.25) is 0 Å². The second-order valence-corrected chi connectivity index (χ2v) is 11.5. The maximum Gasteiger partial charge on any atom is 0.416 e. The van der Waals surface area contributed by atoms with Gasteiger partial charge in [0.05, 0.1) is 22.7 Å². The summed E-state index contributed by atoms with van der Waals surface area (Å²) < 4.78 is 40.8. The fourth-order valence-electron chi connectivity index (χ4n) is 4.27. The number of benzene rings is 3. The van der Waals surface area contributed by atoms with Gasteiger partial charge in [0.1, 0.15) is 6.33 Å². The molecule has 216 valence electrons. The number of aryl methyl sites for hydroxylation is 1. The van der Waals surface area contributed by atoms with E-state index in [-0.39, 0.29) is 17.6 Å². The number of hydrogen-bond acceptors (Lipinski definition) is 5. The van der Waals surface area contributed by atoms with Crippen LogP contribution < -0.4 is 10.2 Å². The standard InChI is InChI=1S/C29H24BrF3N6O2S/c1-17-3-10-22(30)13-24(17)39-25(40)15-42-28(39)36-27(41)34-14-18(2)19-4-6-20(7-5-19)26-35-16-38(37-26)23-11-8-21(9-12-23)29(31,32)33/h3-13,16,18H,14-15H2,1-2H3,(H,34,41). The number of hydrogen-bond donors (Lipinski definition) is 1. The van der Waals surface area contributed by atoms with Crippen molar-refractivity contribution in [2.45, 2.75) is 25.9 Å². The summed E-state index contributed by atoms with van der Waals surface area (Å²) in [7, 11) is 0. The predicted octanol–water partition coefficient (Wildman–Crippen LogP) is 6.97. The Bertz CT molecular complexity index is 1660. The molecule has 42 heavy (non-hydrogen) atoms. The van der Waals surface area contributed by atoms with Gasteiger partial charge in [0.2, 0.25) is 5.91 Å². The highest BCUT2D eigenvalue weighted by Gasteiger charge is 2.32. The number of alkyl halides is 3. The van der Waals surface area contributed by atoms with Gasteiger partial charge < -0.3 is 5.32 Å². The molecular weight excluding hydrogens is 633 g/mol. The Morgan fingerprint density at radius 1 is 1.12 bits per heavy atom. The molecule has 5 rings (SSSR count). The van der Waals surface area contributed by atoms with Gasteiger partial charge in [0.25, 0.3) is 0 Å². The third-order valence-corrected chi connectivity index (χ3v) is 8.04. The molecule has 4 aromatic rings. The minimum absolute atomic E-state index is 0.0397. The number of amides is 3. The van der Waals surface area contributed by atoms with Gasteiger partial charge in [-0.05, 0) is 60.4 Å². The highest BCUT2D eigenvalue weighted by molar-refractivity contribution is 9.10. The number of nitrogens with one attached hydrogen (secondary N) is 1. The van der Waals surface area contributed by atoms with Crippen molar-refractivity contribution in [2.24, 2.45) is 4.99 Å². The molecule has 1 unspecified atom stereocenters. The maximum absolute atomic E-state index is 12.8. The molecule has 3 aromatic carbocycles. The minimum atomic E-state index is -4.41. The Morgan fingerprint density at radius 3 is 2.52 bits per heavy atom. The summed E-state index contributed by atoms with van der Waals surface area (Å²) in [6.07, 6.45) is -2.96. The second kappa shape index (κ2) is 12.1. The summed E-state index contributed by atoms with van der Waals surface area (Å²) in [4.78, 5) is 35.1. The zero-order valence-corrected chi connectivity index (χ0v) is 24.8. The molecular formula is C29H24BrF3N6O2S. The lowest BCUT2D eigenvalue weighted by molar-refractivity contribution is -0.137. The van der Waals surface area contributed by atoms with Crippen molar-refractivity contribution in [2.75, 3.05) is 17.2 Å². The monoisotopic (exact) mass is 656 g/mol. The number of carbonyl (C=O) groups is 2. The van der Waals surface area contributed by atoms with Crippen molar-refractivity contribution in [3.63, 3.8) is 0 Å². The van der Waals surface area contributed by atoms with Crippen LogP contribution in [0.1, 0.15) is 29.5 Å². The Labute approximate surface area is 252 Å². The topological polar surface area (TPSA) is 92.5 Å². The fourth-order valence-corrected chi connectivity index (χ4v) is 5.48. The molecule has 0 saturated carbocycles. The van der Waals surface area contributed by atoms with Crippen molar-refractivity contribution < 1.29 is 22.8 Å². The van der Waals surface area contributed by atoms with Crippen LogP contribution in [-0.4, -0.2) is 44.2 Å². The second-order valence-electron chi connectivity index (χ2n) is 9.61. The van der Waals surface area contributed by atoms with E-state index in [0.717, 1.165) is 33.3 Å². The Morgan fingerprint density at radius 2 is 1.83 bits per heavy atom. The van der Waals surface area contributed by atoms with Crippen LogP contribution in [0.4, 0.5) is 23.7 Å². The summed E-state index contributed by atoms with van der Waals surface area (Å²) >= 11 is 4.65. The molecule has 0 radical (unpaired) electrons. The first-order chi connectivity index (χ1) is 20.0. The Hall–Kier alpha value is -3.97. The molecule has 2 heterocycles. The van der Waals surface area contributed by atoms with Crippen LogP contribution in [0.15, 0.2) is 82.5 Å². The zero-order valence-electron chi connectivity index (χ0n) is 22.4. The minimum Gasteiger partial charge on any atom is -0.336 e. The molecule has 1 atom stereocenters. The van der Waals surface area contributed by atoms with Crippen molar-refractivity contribution >= 4 is 50.5 Å². The van der Waals surface area contributed by atoms with Gasteiger partial charge in [-0.2, -0.15) is 18.2 Å². The molecule has 1 aliphatic rings. The molecule has 1 aromatic heterocycles. The summed E-state index contributed by atoms with van der Waals surface area (Å²) in [5.74, 6) is 0.451. The molecule has 1 aliphatic heterocycles. The number of thioether (sulfide) groups is 1. The number of aliphatic imine (C=N–C) groups is 1. The highest BCUT2D eigenvalue weighted by atomic mass is 79.9. The summed E-state index contributed by atoms with van der Waals surface area (Å²) in [5.41, 5.74) is 2.99. The van der Waals surface area contributed by atoms with E-state index < -0.39 is 17.8 Å². The average molecular weight is 658 g/mol. The average Bonchev–Trinajstić information content (AvgIpc) is 3.60. The van der Waals surface area contributed by atoms with E-state index in [1.165, 1.54) is 39.8 Å². The molecule has 13 heteroatoms. The largest absolute Gasteiger partial charge is 0.416 e. The Kier molecular flexibility index (Phi) is 8.50. The quantitative estimate of drug-likeness (QED) is 0.242. The van der Waals surface area contributed by atoms with Gasteiger partial charge in [-0.3, -0.25) is 9.69 Å². The number of nitrogens with zero attached hydrogens (tertiary/aromatic N) is 5. The molecule has 0 bridgehead atoms. The van der Waals surface area contributed by atoms with E-state index in [1.54, 1.807) is 0 Å². The molecule has 0 aliphatic carbocycles. The summed E-state index contributed by atoms with van der Waals surface area (Å²) in [6, 6.07) is 17.3. The van der Waals surface area contributed by atoms with E-state index in [0.29, 0.717) is 28.9 Å². The molecule has 1 fully saturated rings. The van der Waals surface area contributed by atoms with Crippen LogP contribution in [0.5, 0.6) is 0 Å². The van der Waals surface area contributed by atoms with Crippen LogP contribution in [0.25, 0.3) is 17.1 Å². The van der Waals surface area contributed by atoms with Gasteiger partial charge in [0, 0.05) is 16.6 Å². The normalized spacial score (nSPS) is 15.3. The first kappa shape index (κ1) is 29.5. The number of amidine groups is 1. The fraction of sp³-hybridized carbons (Fsp3) is 0.207. The first-order valence-corrected chi connectivity index (χ1v) is 14.6. The number of carbonyl (C=O) groups excluding carboxylic acids is 2. The molecule has 3 amide bonds. The van der Waals surface area contributed by atoms with Crippen molar-refractivity contribution in [3.05, 3.63) is 94.2 Å². The van der Waals surface area contributed by atoms with Crippen LogP contribution in [0.3, 0.4) is 0 Å². The van der Waals surface area contributed by atoms with Gasteiger partial charge in [-0.1, -0.05) is 64.9 Å². The Balaban J connectivity index is 1.20.